The summed E-state index contributed by atoms with van der Waals surface area (Å²) in [5.74, 6) is 0. The van der Waals surface area contributed by atoms with Crippen molar-refractivity contribution in [3.8, 4) is 51.8 Å². The number of hydrogen-bond acceptors (Lipinski definition) is 3. The van der Waals surface area contributed by atoms with Gasteiger partial charge < -0.3 is 9.13 Å². The highest BCUT2D eigenvalue weighted by molar-refractivity contribution is 6.11. The van der Waals surface area contributed by atoms with E-state index >= 15 is 0 Å². The van der Waals surface area contributed by atoms with E-state index in [2.05, 4.69) is 100 Å². The van der Waals surface area contributed by atoms with Gasteiger partial charge in [0.1, 0.15) is 6.07 Å². The van der Waals surface area contributed by atoms with Crippen LogP contribution in [0.4, 0.5) is 0 Å². The van der Waals surface area contributed by atoms with Gasteiger partial charge >= 0.3 is 0 Å². The first kappa shape index (κ1) is 28.8. The van der Waals surface area contributed by atoms with Crippen LogP contribution in [0.1, 0.15) is 16.7 Å². The Bertz CT molecular complexity index is 2900. The lowest BCUT2D eigenvalue weighted by atomic mass is 9.94. The van der Waals surface area contributed by atoms with Gasteiger partial charge in [-0.05, 0) is 65.7 Å². The molecule has 2 heterocycles. The minimum absolute atomic E-state index is 0.440. The molecule has 0 atom stereocenters. The SMILES string of the molecule is N#Cc1ccc2c(c1)c1ccccc1n2-c1ccccc1-c1ccc(-c2cc(-n3c4ccccc4c4ccccc43)c(C#N)cc2C#N)cc1. The van der Waals surface area contributed by atoms with E-state index in [4.69, 9.17) is 0 Å². The summed E-state index contributed by atoms with van der Waals surface area (Å²) in [6, 6.07) is 57.8. The molecule has 9 rings (SSSR count). The zero-order valence-corrected chi connectivity index (χ0v) is 26.7. The lowest BCUT2D eigenvalue weighted by Crippen LogP contribution is -2.00. The highest BCUT2D eigenvalue weighted by atomic mass is 15.0. The first-order chi connectivity index (χ1) is 24.7. The van der Waals surface area contributed by atoms with Crippen LogP contribution < -0.4 is 0 Å². The van der Waals surface area contributed by atoms with E-state index in [-0.39, 0.29) is 0 Å². The molecule has 230 valence electrons. The van der Waals surface area contributed by atoms with Crippen LogP contribution in [-0.4, -0.2) is 9.13 Å². The standard InChI is InChI=1S/C45H25N5/c46-26-29-17-22-44-39(23-29)37-12-4-8-16-43(37)49(44)40-13-5-1-9-34(40)30-18-20-31(21-19-30)38-25-45(33(28-48)24-32(38)27-47)50-41-14-6-2-10-35(41)36-11-3-7-15-42(36)50/h1-25H. The molecule has 0 aliphatic heterocycles. The molecule has 0 fully saturated rings. The fraction of sp³-hybridized carbons (Fsp3) is 0. The zero-order valence-electron chi connectivity index (χ0n) is 26.7. The van der Waals surface area contributed by atoms with Crippen molar-refractivity contribution in [2.75, 3.05) is 0 Å². The van der Waals surface area contributed by atoms with Crippen molar-refractivity contribution < 1.29 is 0 Å². The van der Waals surface area contributed by atoms with Crippen LogP contribution in [0.2, 0.25) is 0 Å². The van der Waals surface area contributed by atoms with Gasteiger partial charge in [-0.1, -0.05) is 97.1 Å². The first-order valence-corrected chi connectivity index (χ1v) is 16.3. The molecule has 0 saturated carbocycles. The molecule has 0 saturated heterocycles. The van der Waals surface area contributed by atoms with Gasteiger partial charge in [0.25, 0.3) is 0 Å². The predicted octanol–water partition coefficient (Wildman–Crippen LogP) is 10.8. The molecule has 2 aromatic heterocycles. The quantitative estimate of drug-likeness (QED) is 0.193. The molecule has 0 unspecified atom stereocenters. The Morgan fingerprint density at radius 3 is 1.46 bits per heavy atom. The maximum absolute atomic E-state index is 10.3. The van der Waals surface area contributed by atoms with E-state index in [0.717, 1.165) is 77.2 Å². The van der Waals surface area contributed by atoms with Crippen LogP contribution in [0.15, 0.2) is 152 Å². The third kappa shape index (κ3) is 4.31. The van der Waals surface area contributed by atoms with E-state index in [1.807, 2.05) is 72.8 Å². The van der Waals surface area contributed by atoms with Gasteiger partial charge in [0, 0.05) is 32.7 Å². The van der Waals surface area contributed by atoms with Crippen molar-refractivity contribution >= 4 is 43.6 Å². The molecule has 0 radical (unpaired) electrons. The number of aromatic nitrogens is 2. The number of hydrogen-bond donors (Lipinski definition) is 0. The minimum atomic E-state index is 0.440. The van der Waals surface area contributed by atoms with Gasteiger partial charge in [0.2, 0.25) is 0 Å². The van der Waals surface area contributed by atoms with Crippen molar-refractivity contribution in [2.45, 2.75) is 0 Å². The average Bonchev–Trinajstić information content (AvgIpc) is 3.70. The maximum atomic E-state index is 10.3. The lowest BCUT2D eigenvalue weighted by molar-refractivity contribution is 1.17. The predicted molar refractivity (Wildman–Crippen MR) is 200 cm³/mol. The fourth-order valence-corrected chi connectivity index (χ4v) is 7.42. The smallest absolute Gasteiger partial charge is 0.101 e. The number of para-hydroxylation sites is 4. The van der Waals surface area contributed by atoms with Gasteiger partial charge in [-0.15, -0.1) is 0 Å². The normalized spacial score (nSPS) is 11.1. The Morgan fingerprint density at radius 2 is 0.860 bits per heavy atom. The largest absolute Gasteiger partial charge is 0.309 e. The van der Waals surface area contributed by atoms with Gasteiger partial charge in [0.15, 0.2) is 0 Å². The second kappa shape index (κ2) is 11.4. The first-order valence-electron chi connectivity index (χ1n) is 16.3. The highest BCUT2D eigenvalue weighted by Gasteiger charge is 2.19. The molecule has 0 aliphatic rings. The van der Waals surface area contributed by atoms with Crippen LogP contribution in [0.25, 0.3) is 77.2 Å². The summed E-state index contributed by atoms with van der Waals surface area (Å²) >= 11 is 0. The Morgan fingerprint density at radius 1 is 0.360 bits per heavy atom. The molecule has 7 aromatic carbocycles. The Labute approximate surface area is 287 Å². The number of rotatable bonds is 4. The molecule has 0 spiro atoms. The second-order valence-corrected chi connectivity index (χ2v) is 12.3. The van der Waals surface area contributed by atoms with Crippen molar-refractivity contribution in [2.24, 2.45) is 0 Å². The zero-order chi connectivity index (χ0) is 33.8. The topological polar surface area (TPSA) is 81.2 Å². The summed E-state index contributed by atoms with van der Waals surface area (Å²) in [4.78, 5) is 0. The van der Waals surface area contributed by atoms with Crippen LogP contribution in [-0.2, 0) is 0 Å². The van der Waals surface area contributed by atoms with Crippen LogP contribution >= 0.6 is 0 Å². The van der Waals surface area contributed by atoms with Crippen LogP contribution in [0, 0.1) is 34.0 Å². The van der Waals surface area contributed by atoms with Crippen molar-refractivity contribution in [1.29, 1.82) is 15.8 Å². The molecule has 0 amide bonds. The average molecular weight is 636 g/mol. The summed E-state index contributed by atoms with van der Waals surface area (Å²) in [7, 11) is 0. The van der Waals surface area contributed by atoms with E-state index in [9.17, 15) is 15.8 Å². The van der Waals surface area contributed by atoms with Gasteiger partial charge in [-0.3, -0.25) is 0 Å². The number of fused-ring (bicyclic) bond motifs is 6. The Kier molecular flexibility index (Phi) is 6.56. The van der Waals surface area contributed by atoms with Gasteiger partial charge in [-0.25, -0.2) is 0 Å². The second-order valence-electron chi connectivity index (χ2n) is 12.3. The molecule has 5 heteroatoms. The summed E-state index contributed by atoms with van der Waals surface area (Å²) in [5, 5.41) is 34.5. The number of nitrogens with zero attached hydrogens (tertiary/aromatic N) is 5. The molecular weight excluding hydrogens is 611 g/mol. The summed E-state index contributed by atoms with van der Waals surface area (Å²) in [6.45, 7) is 0. The van der Waals surface area contributed by atoms with E-state index in [1.54, 1.807) is 6.07 Å². The van der Waals surface area contributed by atoms with Crippen molar-refractivity contribution in [1.82, 2.24) is 9.13 Å². The molecule has 9 aromatic rings. The van der Waals surface area contributed by atoms with Gasteiger partial charge in [0.05, 0.1) is 62.3 Å². The Hall–Kier alpha value is -7.39. The summed E-state index contributed by atoms with van der Waals surface area (Å²) in [6.07, 6.45) is 0. The summed E-state index contributed by atoms with van der Waals surface area (Å²) < 4.78 is 4.39. The van der Waals surface area contributed by atoms with E-state index in [1.165, 1.54) is 0 Å². The molecular formula is C45H25N5. The van der Waals surface area contributed by atoms with Gasteiger partial charge in [-0.2, -0.15) is 15.8 Å². The minimum Gasteiger partial charge on any atom is -0.309 e. The Balaban J connectivity index is 1.20. The fourth-order valence-electron chi connectivity index (χ4n) is 7.42. The number of nitriles is 3. The van der Waals surface area contributed by atoms with Crippen molar-refractivity contribution in [3.05, 3.63) is 168 Å². The molecule has 0 aliphatic carbocycles. The molecule has 50 heavy (non-hydrogen) atoms. The lowest BCUT2D eigenvalue weighted by Gasteiger charge is -2.16. The third-order valence-electron chi connectivity index (χ3n) is 9.65. The van der Waals surface area contributed by atoms with E-state index in [0.29, 0.717) is 16.7 Å². The maximum Gasteiger partial charge on any atom is 0.101 e. The molecule has 5 nitrogen and oxygen atoms in total. The molecule has 0 N–H and O–H groups in total. The third-order valence-corrected chi connectivity index (χ3v) is 9.65. The van der Waals surface area contributed by atoms with Crippen LogP contribution in [0.3, 0.4) is 0 Å². The monoisotopic (exact) mass is 635 g/mol. The number of benzene rings is 7. The highest BCUT2D eigenvalue weighted by Crippen LogP contribution is 2.39. The van der Waals surface area contributed by atoms with Crippen LogP contribution in [0.5, 0.6) is 0 Å². The van der Waals surface area contributed by atoms with Crippen molar-refractivity contribution in [3.63, 3.8) is 0 Å². The summed E-state index contributed by atoms with van der Waals surface area (Å²) in [5.41, 5.74) is 11.1. The van der Waals surface area contributed by atoms with E-state index < -0.39 is 0 Å². The molecule has 0 bridgehead atoms.